The summed E-state index contributed by atoms with van der Waals surface area (Å²) in [7, 11) is -2.66. The van der Waals surface area contributed by atoms with Crippen LogP contribution in [0.4, 0.5) is 18.9 Å². The number of rotatable bonds is 1. The maximum atomic E-state index is 15.8. The van der Waals surface area contributed by atoms with Crippen molar-refractivity contribution in [3.05, 3.63) is 51.3 Å². The molecule has 2 fully saturated rings. The summed E-state index contributed by atoms with van der Waals surface area (Å²) in [5.74, 6) is 0.261. The zero-order chi connectivity index (χ0) is 27.5. The number of alkyl halides is 3. The van der Waals surface area contributed by atoms with E-state index in [1.54, 1.807) is 0 Å². The molecule has 5 nitrogen and oxygen atoms in total. The Morgan fingerprint density at radius 1 is 1.31 bits per heavy atom. The third-order valence-corrected chi connectivity index (χ3v) is 19.6. The van der Waals surface area contributed by atoms with Gasteiger partial charge in [0.15, 0.2) is 9.30 Å². The molecule has 4 atom stereocenters. The summed E-state index contributed by atoms with van der Waals surface area (Å²) in [4.78, 5) is 3.80. The van der Waals surface area contributed by atoms with Crippen LogP contribution in [0.5, 0.6) is 5.75 Å². The Labute approximate surface area is 232 Å². The lowest BCUT2D eigenvalue weighted by Crippen LogP contribution is -2.55. The van der Waals surface area contributed by atoms with Gasteiger partial charge in [-0.25, -0.2) is 4.21 Å². The number of aliphatic hydroxyl groups excluding tert-OH is 1. The first-order chi connectivity index (χ1) is 18.4. The van der Waals surface area contributed by atoms with Gasteiger partial charge in [0.1, 0.15) is 17.2 Å². The zero-order valence-electron chi connectivity index (χ0n) is 22.2. The van der Waals surface area contributed by atoms with Crippen molar-refractivity contribution in [2.75, 3.05) is 24.6 Å². The zero-order valence-corrected chi connectivity index (χ0v) is 24.7. The number of thiophene rings is 1. The van der Waals surface area contributed by atoms with E-state index in [-0.39, 0.29) is 23.9 Å². The summed E-state index contributed by atoms with van der Waals surface area (Å²) in [5, 5.41) is 11.0. The van der Waals surface area contributed by atoms with Crippen molar-refractivity contribution in [2.24, 2.45) is 0 Å². The van der Waals surface area contributed by atoms with Crippen molar-refractivity contribution >= 4 is 43.9 Å². The molecule has 0 radical (unpaired) electrons. The van der Waals surface area contributed by atoms with E-state index in [2.05, 4.69) is 30.0 Å². The van der Waals surface area contributed by atoms with E-state index in [0.29, 0.717) is 36.5 Å². The van der Waals surface area contributed by atoms with Gasteiger partial charge in [-0.2, -0.15) is 29.1 Å². The molecule has 4 bridgehead atoms. The number of halogens is 3. The number of aliphatic hydroxyl groups is 1. The number of nitrogens with zero attached hydrogens (tertiary/aromatic N) is 2. The van der Waals surface area contributed by atoms with Crippen LogP contribution in [-0.2, 0) is 22.1 Å². The van der Waals surface area contributed by atoms with Crippen molar-refractivity contribution in [3.63, 3.8) is 0 Å². The fraction of sp³-hybridized carbons (Fsp3) is 0.536. The van der Waals surface area contributed by atoms with Crippen molar-refractivity contribution in [2.45, 2.75) is 75.6 Å². The summed E-state index contributed by atoms with van der Waals surface area (Å²) < 4.78 is 66.0. The highest BCUT2D eigenvalue weighted by Gasteiger charge is 2.59. The molecule has 8 rings (SSSR count). The van der Waals surface area contributed by atoms with Crippen LogP contribution in [0.15, 0.2) is 24.3 Å². The van der Waals surface area contributed by atoms with Gasteiger partial charge in [0, 0.05) is 18.1 Å². The molecule has 1 spiro atoms. The van der Waals surface area contributed by atoms with Crippen LogP contribution in [0.25, 0.3) is 5.57 Å². The van der Waals surface area contributed by atoms with E-state index >= 15 is 4.21 Å². The van der Waals surface area contributed by atoms with Crippen LogP contribution < -0.4 is 14.9 Å². The average molecular weight is 597 g/mol. The third kappa shape index (κ3) is 3.57. The third-order valence-electron chi connectivity index (χ3n) is 8.96. The quantitative estimate of drug-likeness (QED) is 0.246. The standard InChI is InChI=1S/C28H32F3N2O3PS2/c1-26(2,3)39(35)33-15-18(14-27(33)6-4-7-27)32-8-9-36-22-12-17(28(29,30)31)11-21(24(22)32)20-5-10-37(39)23-13-19(16-34)38-25(20)23/h5,10-13,18,34H,4,6-9,14-16H2,1-3H3/t18-,39?/m1/s1. The number of benzene rings is 1. The monoisotopic (exact) mass is 596 g/mol. The summed E-state index contributed by atoms with van der Waals surface area (Å²) in [5.41, 5.74) is 0.991. The van der Waals surface area contributed by atoms with Gasteiger partial charge >= 0.3 is 6.18 Å². The molecule has 6 aliphatic rings. The molecule has 210 valence electrons. The minimum absolute atomic E-state index is 0.0342. The lowest BCUT2D eigenvalue weighted by molar-refractivity contribution is -0.137. The molecule has 1 N–H and O–H groups in total. The molecule has 1 aliphatic carbocycles. The summed E-state index contributed by atoms with van der Waals surface area (Å²) >= 11 is 1.40. The van der Waals surface area contributed by atoms with Crippen molar-refractivity contribution in [1.82, 2.24) is 4.31 Å². The van der Waals surface area contributed by atoms with Gasteiger partial charge in [-0.1, -0.05) is 17.7 Å². The Bertz CT molecular complexity index is 1540. The van der Waals surface area contributed by atoms with E-state index < -0.39 is 32.5 Å². The van der Waals surface area contributed by atoms with Crippen molar-refractivity contribution in [3.8, 4) is 5.75 Å². The van der Waals surface area contributed by atoms with E-state index in [0.717, 1.165) is 46.8 Å². The number of allylic oxidation sites excluding steroid dienone is 1. The number of hydrogen-bond acceptors (Lipinski definition) is 4. The molecule has 6 heterocycles. The normalized spacial score (nSPS) is 29.6. The highest BCUT2D eigenvalue weighted by molar-refractivity contribution is 8.32. The Morgan fingerprint density at radius 2 is 2.08 bits per heavy atom. The molecule has 39 heavy (non-hydrogen) atoms. The Hall–Kier alpha value is -1.71. The minimum atomic E-state index is -4.52. The molecule has 11 heteroatoms. The largest absolute Gasteiger partial charge is 0.490 e. The second-order valence-corrected chi connectivity index (χ2v) is 20.0. The molecular formula is C28H32F3N2O3PS2. The van der Waals surface area contributed by atoms with E-state index in [1.807, 2.05) is 18.3 Å². The molecule has 5 aliphatic heterocycles. The van der Waals surface area contributed by atoms with E-state index in [9.17, 15) is 18.3 Å². The van der Waals surface area contributed by atoms with Gasteiger partial charge in [0.25, 0.3) is 0 Å². The Morgan fingerprint density at radius 3 is 2.72 bits per heavy atom. The van der Waals surface area contributed by atoms with Crippen molar-refractivity contribution in [1.29, 1.82) is 0 Å². The van der Waals surface area contributed by atoms with Gasteiger partial charge in [-0.05, 0) is 58.7 Å². The van der Waals surface area contributed by atoms with Crippen molar-refractivity contribution < 1.29 is 27.2 Å². The summed E-state index contributed by atoms with van der Waals surface area (Å²) in [6.45, 7) is 6.21. The first kappa shape index (κ1) is 26.2. The van der Waals surface area contributed by atoms with Gasteiger partial charge in [-0.15, -0.1) is 0 Å². The number of fused-ring (bicyclic) bond motifs is 1. The van der Waals surface area contributed by atoms with Gasteiger partial charge in [-0.3, -0.25) is 0 Å². The second-order valence-electron chi connectivity index (χ2n) is 12.2. The average Bonchev–Trinajstić information content (AvgIpc) is 3.47. The van der Waals surface area contributed by atoms with E-state index in [4.69, 9.17) is 4.74 Å². The predicted molar refractivity (Wildman–Crippen MR) is 152 cm³/mol. The molecule has 1 aromatic heterocycles. The minimum Gasteiger partial charge on any atom is -0.490 e. The number of ether oxygens (including phenoxy) is 1. The van der Waals surface area contributed by atoms with Crippen LogP contribution in [0.2, 0.25) is 0 Å². The smallest absolute Gasteiger partial charge is 0.416 e. The molecule has 1 saturated carbocycles. The number of hydrogen-bond donors (Lipinski definition) is 1. The van der Waals surface area contributed by atoms with Crippen LogP contribution in [-0.4, -0.2) is 49.6 Å². The van der Waals surface area contributed by atoms with Crippen LogP contribution >= 0.6 is 18.0 Å². The first-order valence-corrected chi connectivity index (χ1v) is 17.8. The Balaban J connectivity index is 1.61. The predicted octanol–water partition coefficient (Wildman–Crippen LogP) is 6.10. The maximum Gasteiger partial charge on any atom is 0.416 e. The SMILES string of the molecule is CC(C)(C)S1(=O)=[P+]2[CH-]C=C(c3cc(C(F)(F)F)cc4c3N(CCO4)[C@H]3CN1C1(CCC1)C3)c1[s+][c-](CO)cc12. The molecule has 1 saturated heterocycles. The highest BCUT2D eigenvalue weighted by atomic mass is 32.5. The molecule has 2 aromatic rings. The van der Waals surface area contributed by atoms with Gasteiger partial charge < -0.3 is 14.7 Å². The second kappa shape index (κ2) is 8.41. The summed E-state index contributed by atoms with van der Waals surface area (Å²) in [6, 6.07) is 4.39. The van der Waals surface area contributed by atoms with Crippen LogP contribution in [0.3, 0.4) is 0 Å². The highest BCUT2D eigenvalue weighted by Crippen LogP contribution is 2.59. The maximum absolute atomic E-state index is 15.8. The van der Waals surface area contributed by atoms with Gasteiger partial charge in [0.2, 0.25) is 0 Å². The van der Waals surface area contributed by atoms with Crippen LogP contribution in [0, 0.1) is 6.16 Å². The summed E-state index contributed by atoms with van der Waals surface area (Å²) in [6.07, 6.45) is 3.32. The molecular weight excluding hydrogens is 564 g/mol. The lowest BCUT2D eigenvalue weighted by atomic mass is 9.75. The lowest BCUT2D eigenvalue weighted by Gasteiger charge is -2.48. The number of anilines is 1. The fourth-order valence-corrected chi connectivity index (χ4v) is 17.8. The van der Waals surface area contributed by atoms with Crippen LogP contribution in [0.1, 0.15) is 67.3 Å². The van der Waals surface area contributed by atoms with Gasteiger partial charge in [0.05, 0.1) is 57.4 Å². The molecule has 0 amide bonds. The Kier molecular flexibility index (Phi) is 5.65. The van der Waals surface area contributed by atoms with E-state index in [1.165, 1.54) is 17.4 Å². The first-order valence-electron chi connectivity index (χ1n) is 13.4. The molecule has 1 aromatic carbocycles. The molecule has 3 unspecified atom stereocenters. The fourth-order valence-electron chi connectivity index (χ4n) is 7.04. The topological polar surface area (TPSA) is 53.0 Å².